The third-order valence-corrected chi connectivity index (χ3v) is 6.45. The summed E-state index contributed by atoms with van der Waals surface area (Å²) in [5.74, 6) is 1.64. The number of hydrogen-bond acceptors (Lipinski definition) is 5. The lowest BCUT2D eigenvalue weighted by Crippen LogP contribution is -2.23. The Morgan fingerprint density at radius 3 is 2.39 bits per heavy atom. The topological polar surface area (TPSA) is 63.3 Å². The van der Waals surface area contributed by atoms with Gasteiger partial charge in [0.1, 0.15) is 16.9 Å². The molecule has 5 nitrogen and oxygen atoms in total. The normalized spacial score (nSPS) is 16.4. The van der Waals surface area contributed by atoms with Gasteiger partial charge in [-0.2, -0.15) is 0 Å². The summed E-state index contributed by atoms with van der Waals surface area (Å²) in [6, 6.07) is 8.23. The number of aromatic nitrogens is 3. The molecule has 0 radical (unpaired) electrons. The van der Waals surface area contributed by atoms with Crippen LogP contribution in [0.1, 0.15) is 65.1 Å². The quantitative estimate of drug-likeness (QED) is 0.705. The van der Waals surface area contributed by atoms with E-state index < -0.39 is 5.60 Å². The summed E-state index contributed by atoms with van der Waals surface area (Å²) in [4.78, 5) is 6.44. The lowest BCUT2D eigenvalue weighted by molar-refractivity contribution is 0.0628. The highest BCUT2D eigenvalue weighted by Crippen LogP contribution is 2.40. The van der Waals surface area contributed by atoms with Crippen LogP contribution in [-0.4, -0.2) is 31.2 Å². The molecule has 1 aliphatic rings. The van der Waals surface area contributed by atoms with Crippen molar-refractivity contribution in [3.63, 3.8) is 0 Å². The highest BCUT2D eigenvalue weighted by molar-refractivity contribution is 7.15. The van der Waals surface area contributed by atoms with E-state index in [1.165, 1.54) is 16.0 Å². The van der Waals surface area contributed by atoms with E-state index in [0.29, 0.717) is 6.42 Å². The number of hydrogen-bond donors (Lipinski definition) is 1. The average Bonchev–Trinajstić information content (AvgIpc) is 3.08. The maximum absolute atomic E-state index is 10.5. The zero-order valence-corrected chi connectivity index (χ0v) is 18.1. The Kier molecular flexibility index (Phi) is 4.51. The minimum Gasteiger partial charge on any atom is -0.390 e. The van der Waals surface area contributed by atoms with Crippen molar-refractivity contribution in [1.29, 1.82) is 0 Å². The molecule has 3 heterocycles. The van der Waals surface area contributed by atoms with Gasteiger partial charge in [-0.05, 0) is 47.1 Å². The first kappa shape index (κ1) is 19.0. The van der Waals surface area contributed by atoms with Crippen LogP contribution in [0.15, 0.2) is 29.3 Å². The van der Waals surface area contributed by atoms with Gasteiger partial charge >= 0.3 is 0 Å². The first-order valence-corrected chi connectivity index (χ1v) is 10.4. The van der Waals surface area contributed by atoms with Crippen molar-refractivity contribution < 1.29 is 5.11 Å². The predicted molar refractivity (Wildman–Crippen MR) is 114 cm³/mol. The van der Waals surface area contributed by atoms with Crippen molar-refractivity contribution in [2.45, 2.75) is 59.6 Å². The van der Waals surface area contributed by atoms with Crippen molar-refractivity contribution in [3.8, 4) is 5.00 Å². The molecule has 0 saturated carbocycles. The third kappa shape index (κ3) is 3.20. The fraction of sp³-hybridized carbons (Fsp3) is 0.409. The van der Waals surface area contributed by atoms with Crippen LogP contribution in [0.5, 0.6) is 0 Å². The lowest BCUT2D eigenvalue weighted by Gasteiger charge is -2.22. The summed E-state index contributed by atoms with van der Waals surface area (Å²) in [6.07, 6.45) is 0.480. The molecule has 0 saturated heterocycles. The van der Waals surface area contributed by atoms with Crippen LogP contribution in [0.4, 0.5) is 0 Å². The fourth-order valence-electron chi connectivity index (χ4n) is 3.71. The summed E-state index contributed by atoms with van der Waals surface area (Å²) in [5.41, 5.74) is 4.80. The standard InChI is InChI=1S/C22H26N4OS/c1-12-7-9-16(10-8-12)19-18-13(2)14(3)28-21(18)26-15(4)24-25-20(26)17(23-19)11-22(5,6)27/h7-10,17,27H,11H2,1-6H3. The number of fused-ring (bicyclic) bond motifs is 3. The van der Waals surface area contributed by atoms with Crippen LogP contribution in [0.25, 0.3) is 5.00 Å². The van der Waals surface area contributed by atoms with Crippen molar-refractivity contribution in [2.75, 3.05) is 0 Å². The lowest BCUT2D eigenvalue weighted by atomic mass is 9.97. The number of nitrogens with zero attached hydrogens (tertiary/aromatic N) is 4. The second-order valence-corrected chi connectivity index (χ2v) is 9.48. The Bertz CT molecular complexity index is 1070. The number of aliphatic hydroxyl groups is 1. The van der Waals surface area contributed by atoms with Gasteiger partial charge in [-0.25, -0.2) is 0 Å². The summed E-state index contributed by atoms with van der Waals surface area (Å²) >= 11 is 1.75. The number of thiophene rings is 1. The van der Waals surface area contributed by atoms with Crippen LogP contribution in [0.3, 0.4) is 0 Å². The average molecular weight is 395 g/mol. The monoisotopic (exact) mass is 394 g/mol. The largest absolute Gasteiger partial charge is 0.390 e. The molecule has 3 aromatic rings. The molecule has 0 aliphatic carbocycles. The summed E-state index contributed by atoms with van der Waals surface area (Å²) in [5, 5.41) is 20.4. The van der Waals surface area contributed by atoms with Gasteiger partial charge in [0.25, 0.3) is 0 Å². The van der Waals surface area contributed by atoms with Crippen molar-refractivity contribution in [3.05, 3.63) is 63.0 Å². The van der Waals surface area contributed by atoms with Gasteiger partial charge in [0.05, 0.1) is 11.3 Å². The SMILES string of the molecule is Cc1ccc(C2=NC(CC(C)(C)O)c3nnc(C)n3-c3sc(C)c(C)c32)cc1. The maximum atomic E-state index is 10.5. The molecule has 1 unspecified atom stereocenters. The first-order valence-electron chi connectivity index (χ1n) is 9.55. The van der Waals surface area contributed by atoms with E-state index >= 15 is 0 Å². The minimum absolute atomic E-state index is 0.267. The molecule has 4 rings (SSSR count). The van der Waals surface area contributed by atoms with E-state index in [4.69, 9.17) is 4.99 Å². The fourth-order valence-corrected chi connectivity index (χ4v) is 4.92. The minimum atomic E-state index is -0.861. The molecule has 0 amide bonds. The Morgan fingerprint density at radius 2 is 1.75 bits per heavy atom. The van der Waals surface area contributed by atoms with Crippen LogP contribution in [-0.2, 0) is 0 Å². The Hall–Kier alpha value is -2.31. The van der Waals surface area contributed by atoms with Crippen molar-refractivity contribution >= 4 is 17.0 Å². The molecule has 1 aromatic carbocycles. The summed E-state index contributed by atoms with van der Waals surface area (Å²) in [6.45, 7) is 12.0. The van der Waals surface area contributed by atoms with Gasteiger partial charge in [-0.1, -0.05) is 29.8 Å². The summed E-state index contributed by atoms with van der Waals surface area (Å²) < 4.78 is 2.13. The molecule has 28 heavy (non-hydrogen) atoms. The molecule has 0 fully saturated rings. The Labute approximate surface area is 169 Å². The number of benzene rings is 1. The van der Waals surface area contributed by atoms with E-state index in [1.54, 1.807) is 11.3 Å². The molecule has 1 N–H and O–H groups in total. The predicted octanol–water partition coefficient (Wildman–Crippen LogP) is 4.62. The molecule has 0 spiro atoms. The van der Waals surface area contributed by atoms with Gasteiger partial charge in [0, 0.05) is 22.4 Å². The number of aryl methyl sites for hydroxylation is 3. The van der Waals surface area contributed by atoms with E-state index in [0.717, 1.165) is 33.5 Å². The van der Waals surface area contributed by atoms with Gasteiger partial charge in [-0.3, -0.25) is 9.56 Å². The van der Waals surface area contributed by atoms with E-state index in [1.807, 2.05) is 20.8 Å². The van der Waals surface area contributed by atoms with E-state index in [2.05, 4.69) is 59.8 Å². The van der Waals surface area contributed by atoms with Gasteiger partial charge < -0.3 is 5.11 Å². The Morgan fingerprint density at radius 1 is 1.07 bits per heavy atom. The van der Waals surface area contributed by atoms with Gasteiger partial charge in [0.15, 0.2) is 5.82 Å². The van der Waals surface area contributed by atoms with E-state index in [-0.39, 0.29) is 6.04 Å². The smallest absolute Gasteiger partial charge is 0.163 e. The highest BCUT2D eigenvalue weighted by Gasteiger charge is 2.33. The van der Waals surface area contributed by atoms with Crippen LogP contribution < -0.4 is 0 Å². The van der Waals surface area contributed by atoms with Crippen LogP contribution >= 0.6 is 11.3 Å². The van der Waals surface area contributed by atoms with Crippen molar-refractivity contribution in [1.82, 2.24) is 14.8 Å². The second kappa shape index (κ2) is 6.64. The molecule has 1 atom stereocenters. The van der Waals surface area contributed by atoms with Crippen LogP contribution in [0.2, 0.25) is 0 Å². The van der Waals surface area contributed by atoms with E-state index in [9.17, 15) is 5.11 Å². The molecular formula is C22H26N4OS. The maximum Gasteiger partial charge on any atom is 0.163 e. The van der Waals surface area contributed by atoms with Crippen molar-refractivity contribution in [2.24, 2.45) is 4.99 Å². The zero-order valence-electron chi connectivity index (χ0n) is 17.2. The molecule has 1 aliphatic heterocycles. The second-order valence-electron chi connectivity index (χ2n) is 8.28. The number of aliphatic imine (C=N–C) groups is 1. The third-order valence-electron chi connectivity index (χ3n) is 5.26. The highest BCUT2D eigenvalue weighted by atomic mass is 32.1. The van der Waals surface area contributed by atoms with Crippen LogP contribution in [0, 0.1) is 27.7 Å². The molecule has 2 aromatic heterocycles. The molecule has 6 heteroatoms. The van der Waals surface area contributed by atoms with Gasteiger partial charge in [-0.15, -0.1) is 21.5 Å². The molecule has 146 valence electrons. The van der Waals surface area contributed by atoms with Gasteiger partial charge in [0.2, 0.25) is 0 Å². The Balaban J connectivity index is 2.02. The summed E-state index contributed by atoms with van der Waals surface area (Å²) in [7, 11) is 0. The molecule has 0 bridgehead atoms. The molecular weight excluding hydrogens is 368 g/mol. The first-order chi connectivity index (χ1) is 13.2. The zero-order chi connectivity index (χ0) is 20.2. The number of rotatable bonds is 3.